The zero-order chi connectivity index (χ0) is 11.6. The first-order chi connectivity index (χ1) is 6.91. The average molecular weight is 438 g/mol. The Bertz CT molecular complexity index is 371. The highest BCUT2D eigenvalue weighted by molar-refractivity contribution is 14.1. The summed E-state index contributed by atoms with van der Waals surface area (Å²) in [6, 6.07) is 2.97. The van der Waals surface area contributed by atoms with Gasteiger partial charge in [-0.25, -0.2) is 8.78 Å². The first-order valence-electron chi connectivity index (χ1n) is 3.89. The van der Waals surface area contributed by atoms with Gasteiger partial charge in [0.15, 0.2) is 0 Å². The number of carboxylic acids is 1. The molecule has 0 saturated heterocycles. The van der Waals surface area contributed by atoms with Gasteiger partial charge in [-0.2, -0.15) is 0 Å². The van der Waals surface area contributed by atoms with Crippen molar-refractivity contribution in [1.82, 2.24) is 0 Å². The van der Waals surface area contributed by atoms with Crippen molar-refractivity contribution in [2.24, 2.45) is 0 Å². The Kier molecular flexibility index (Phi) is 4.68. The first-order valence-corrected chi connectivity index (χ1v) is 6.05. The zero-order valence-electron chi connectivity index (χ0n) is 7.31. The van der Waals surface area contributed by atoms with Crippen molar-refractivity contribution < 1.29 is 18.7 Å². The molecule has 6 heteroatoms. The van der Waals surface area contributed by atoms with Crippen LogP contribution >= 0.6 is 45.2 Å². The third-order valence-electron chi connectivity index (χ3n) is 1.71. The number of hydrogen-bond acceptors (Lipinski definition) is 1. The molecule has 0 fully saturated rings. The minimum Gasteiger partial charge on any atom is -0.481 e. The van der Waals surface area contributed by atoms with E-state index >= 15 is 0 Å². The molecular formula is C9H6F2I2O2. The van der Waals surface area contributed by atoms with Gasteiger partial charge in [-0.05, 0) is 62.9 Å². The average Bonchev–Trinajstić information content (AvgIpc) is 1.99. The number of rotatable bonds is 3. The summed E-state index contributed by atoms with van der Waals surface area (Å²) in [6.07, 6.45) is -2.67. The molecule has 0 spiro atoms. The SMILES string of the molecule is O=C(O)Cc1cc(I)c(C(F)F)c(I)c1. The summed E-state index contributed by atoms with van der Waals surface area (Å²) in [5, 5.41) is 8.57. The molecule has 0 aliphatic carbocycles. The van der Waals surface area contributed by atoms with Crippen LogP contribution < -0.4 is 0 Å². The quantitative estimate of drug-likeness (QED) is 0.735. The van der Waals surface area contributed by atoms with E-state index in [1.807, 2.05) is 0 Å². The Hall–Kier alpha value is 0.01000. The summed E-state index contributed by atoms with van der Waals surface area (Å²) in [5.41, 5.74) is 0.519. The van der Waals surface area contributed by atoms with Gasteiger partial charge in [0.2, 0.25) is 0 Å². The standard InChI is InChI=1S/C9H6F2I2O2/c10-9(11)8-5(12)1-4(2-6(8)13)3-7(14)15/h1-2,9H,3H2,(H,14,15). The second-order valence-corrected chi connectivity index (χ2v) is 5.17. The minimum atomic E-state index is -2.53. The molecule has 1 N–H and O–H groups in total. The van der Waals surface area contributed by atoms with Crippen LogP contribution in [0.3, 0.4) is 0 Å². The van der Waals surface area contributed by atoms with Gasteiger partial charge in [-0.15, -0.1) is 0 Å². The van der Waals surface area contributed by atoms with Crippen molar-refractivity contribution in [3.05, 3.63) is 30.4 Å². The van der Waals surface area contributed by atoms with E-state index in [2.05, 4.69) is 0 Å². The summed E-state index contributed by atoms with van der Waals surface area (Å²) in [6.45, 7) is 0. The summed E-state index contributed by atoms with van der Waals surface area (Å²) < 4.78 is 25.9. The molecule has 0 aliphatic rings. The largest absolute Gasteiger partial charge is 0.481 e. The smallest absolute Gasteiger partial charge is 0.307 e. The fraction of sp³-hybridized carbons (Fsp3) is 0.222. The van der Waals surface area contributed by atoms with Crippen LogP contribution in [0.1, 0.15) is 17.6 Å². The zero-order valence-corrected chi connectivity index (χ0v) is 11.6. The van der Waals surface area contributed by atoms with Crippen LogP contribution in [-0.4, -0.2) is 11.1 Å². The second-order valence-electron chi connectivity index (χ2n) is 2.84. The fourth-order valence-corrected chi connectivity index (χ4v) is 3.49. The molecule has 82 valence electrons. The van der Waals surface area contributed by atoms with Crippen LogP contribution in [0.5, 0.6) is 0 Å². The Labute approximate surface area is 112 Å². The topological polar surface area (TPSA) is 37.3 Å². The molecule has 0 amide bonds. The van der Waals surface area contributed by atoms with Crippen LogP contribution in [0, 0.1) is 7.14 Å². The summed E-state index contributed by atoms with van der Waals surface area (Å²) in [4.78, 5) is 10.5. The van der Waals surface area contributed by atoms with Gasteiger partial charge in [0.25, 0.3) is 6.43 Å². The van der Waals surface area contributed by atoms with Crippen molar-refractivity contribution in [3.8, 4) is 0 Å². The third-order valence-corrected chi connectivity index (χ3v) is 3.50. The van der Waals surface area contributed by atoms with Gasteiger partial charge in [-0.1, -0.05) is 0 Å². The summed E-state index contributed by atoms with van der Waals surface area (Å²) >= 11 is 3.59. The van der Waals surface area contributed by atoms with E-state index in [-0.39, 0.29) is 12.0 Å². The highest BCUT2D eigenvalue weighted by atomic mass is 127. The first kappa shape index (κ1) is 13.1. The third kappa shape index (κ3) is 3.51. The monoisotopic (exact) mass is 438 g/mol. The van der Waals surface area contributed by atoms with Gasteiger partial charge in [0.1, 0.15) is 0 Å². The predicted octanol–water partition coefficient (Wildman–Crippen LogP) is 3.46. The maximum absolute atomic E-state index is 12.6. The molecule has 2 nitrogen and oxygen atoms in total. The van der Waals surface area contributed by atoms with Crippen LogP contribution in [0.25, 0.3) is 0 Å². The molecule has 0 radical (unpaired) electrons. The van der Waals surface area contributed by atoms with Crippen molar-refractivity contribution in [1.29, 1.82) is 0 Å². The van der Waals surface area contributed by atoms with Gasteiger partial charge in [0, 0.05) is 12.7 Å². The highest BCUT2D eigenvalue weighted by Crippen LogP contribution is 2.30. The van der Waals surface area contributed by atoms with Crippen molar-refractivity contribution in [2.45, 2.75) is 12.8 Å². The molecule has 1 aromatic rings. The lowest BCUT2D eigenvalue weighted by Gasteiger charge is -2.08. The highest BCUT2D eigenvalue weighted by Gasteiger charge is 2.17. The molecule has 1 aromatic carbocycles. The molecule has 15 heavy (non-hydrogen) atoms. The molecule has 0 bridgehead atoms. The van der Waals surface area contributed by atoms with Gasteiger partial charge < -0.3 is 5.11 Å². The number of alkyl halides is 2. The van der Waals surface area contributed by atoms with Gasteiger partial charge in [0.05, 0.1) is 6.42 Å². The lowest BCUT2D eigenvalue weighted by Crippen LogP contribution is -2.03. The maximum atomic E-state index is 12.6. The van der Waals surface area contributed by atoms with Crippen molar-refractivity contribution in [3.63, 3.8) is 0 Å². The van der Waals surface area contributed by atoms with E-state index in [0.717, 1.165) is 0 Å². The molecule has 0 aliphatic heterocycles. The van der Waals surface area contributed by atoms with Gasteiger partial charge in [-0.3, -0.25) is 4.79 Å². The van der Waals surface area contributed by atoms with E-state index < -0.39 is 12.4 Å². The van der Waals surface area contributed by atoms with Crippen LogP contribution in [0.2, 0.25) is 0 Å². The number of hydrogen-bond donors (Lipinski definition) is 1. The van der Waals surface area contributed by atoms with Crippen LogP contribution in [-0.2, 0) is 11.2 Å². The summed E-state index contributed by atoms with van der Waals surface area (Å²) in [7, 11) is 0. The molecule has 0 saturated carbocycles. The normalized spacial score (nSPS) is 10.7. The van der Waals surface area contributed by atoms with E-state index in [0.29, 0.717) is 12.7 Å². The van der Waals surface area contributed by atoms with E-state index in [1.165, 1.54) is 12.1 Å². The number of carbonyl (C=O) groups is 1. The predicted molar refractivity (Wildman–Crippen MR) is 68.2 cm³/mol. The molecular weight excluding hydrogens is 432 g/mol. The van der Waals surface area contributed by atoms with Crippen LogP contribution in [0.4, 0.5) is 8.78 Å². The van der Waals surface area contributed by atoms with Crippen LogP contribution in [0.15, 0.2) is 12.1 Å². The molecule has 0 heterocycles. The Balaban J connectivity index is 3.13. The van der Waals surface area contributed by atoms with E-state index in [9.17, 15) is 13.6 Å². The van der Waals surface area contributed by atoms with Crippen molar-refractivity contribution in [2.75, 3.05) is 0 Å². The Morgan fingerprint density at radius 1 is 1.33 bits per heavy atom. The molecule has 0 aromatic heterocycles. The second kappa shape index (κ2) is 5.37. The number of carboxylic acid groups (broad SMARTS) is 1. The number of benzene rings is 1. The maximum Gasteiger partial charge on any atom is 0.307 e. The Morgan fingerprint density at radius 2 is 1.80 bits per heavy atom. The van der Waals surface area contributed by atoms with Gasteiger partial charge >= 0.3 is 5.97 Å². The molecule has 0 unspecified atom stereocenters. The lowest BCUT2D eigenvalue weighted by atomic mass is 10.1. The van der Waals surface area contributed by atoms with Crippen molar-refractivity contribution >= 4 is 51.2 Å². The van der Waals surface area contributed by atoms with E-state index in [1.54, 1.807) is 45.2 Å². The molecule has 0 atom stereocenters. The lowest BCUT2D eigenvalue weighted by molar-refractivity contribution is -0.136. The number of halogens is 4. The molecule has 1 rings (SSSR count). The van der Waals surface area contributed by atoms with E-state index in [4.69, 9.17) is 5.11 Å². The minimum absolute atomic E-state index is 0.0228. The number of aliphatic carboxylic acids is 1. The fourth-order valence-electron chi connectivity index (χ4n) is 1.12. The summed E-state index contributed by atoms with van der Waals surface area (Å²) in [5.74, 6) is -0.966. The Morgan fingerprint density at radius 3 is 2.13 bits per heavy atom.